The van der Waals surface area contributed by atoms with Crippen LogP contribution in [-0.4, -0.2) is 76.8 Å². The third-order valence-corrected chi connectivity index (χ3v) is 4.64. The van der Waals surface area contributed by atoms with Gasteiger partial charge in [-0.05, 0) is 6.92 Å². The van der Waals surface area contributed by atoms with E-state index >= 15 is 0 Å². The lowest BCUT2D eigenvalue weighted by atomic mass is 10.0. The molecule has 0 spiro atoms. The van der Waals surface area contributed by atoms with Crippen molar-refractivity contribution in [2.75, 3.05) is 33.4 Å². The van der Waals surface area contributed by atoms with Crippen molar-refractivity contribution in [2.45, 2.75) is 31.4 Å². The minimum absolute atomic E-state index is 0.0237. The number of ether oxygens (including phenoxy) is 1. The molecule has 2 fully saturated rings. The summed E-state index contributed by atoms with van der Waals surface area (Å²) in [7, 11) is 3.29. The number of halogens is 2. The van der Waals surface area contributed by atoms with Gasteiger partial charge in [-0.15, -0.1) is 0 Å². The Morgan fingerprint density at radius 2 is 2.17 bits per heavy atom. The fourth-order valence-corrected chi connectivity index (χ4v) is 3.51. The van der Waals surface area contributed by atoms with Crippen molar-refractivity contribution in [3.8, 4) is 0 Å². The Balaban J connectivity index is 1.62. The highest BCUT2D eigenvalue weighted by molar-refractivity contribution is 5.95. The van der Waals surface area contributed by atoms with E-state index < -0.39 is 5.92 Å². The molecule has 0 radical (unpaired) electrons. The van der Waals surface area contributed by atoms with Crippen molar-refractivity contribution in [1.82, 2.24) is 19.6 Å². The largest absolute Gasteiger partial charge is 0.383 e. The van der Waals surface area contributed by atoms with Crippen molar-refractivity contribution in [3.05, 3.63) is 17.5 Å². The second-order valence-electron chi connectivity index (χ2n) is 6.51. The molecule has 2 saturated heterocycles. The summed E-state index contributed by atoms with van der Waals surface area (Å²) in [6, 6.07) is -0.304. The number of amides is 1. The number of nitrogens with zero attached hydrogens (tertiary/aromatic N) is 4. The second kappa shape index (κ2) is 5.83. The van der Waals surface area contributed by atoms with Gasteiger partial charge in [0.2, 0.25) is 0 Å². The van der Waals surface area contributed by atoms with Crippen molar-refractivity contribution in [2.24, 2.45) is 7.05 Å². The Morgan fingerprint density at radius 3 is 2.74 bits per heavy atom. The van der Waals surface area contributed by atoms with E-state index in [2.05, 4.69) is 5.10 Å². The summed E-state index contributed by atoms with van der Waals surface area (Å²) in [5.41, 5.74) is 1.26. The Hall–Kier alpha value is -1.54. The van der Waals surface area contributed by atoms with Crippen LogP contribution in [0.15, 0.2) is 6.20 Å². The first-order chi connectivity index (χ1) is 10.8. The number of carbonyl (C=O) groups is 1. The summed E-state index contributed by atoms with van der Waals surface area (Å²) >= 11 is 0. The lowest BCUT2D eigenvalue weighted by Gasteiger charge is -2.45. The van der Waals surface area contributed by atoms with E-state index in [9.17, 15) is 13.6 Å². The fourth-order valence-electron chi connectivity index (χ4n) is 3.51. The van der Waals surface area contributed by atoms with Gasteiger partial charge in [-0.3, -0.25) is 14.4 Å². The van der Waals surface area contributed by atoms with Gasteiger partial charge in [-0.2, -0.15) is 5.10 Å². The Morgan fingerprint density at radius 1 is 1.48 bits per heavy atom. The van der Waals surface area contributed by atoms with Crippen LogP contribution in [0, 0.1) is 6.92 Å². The van der Waals surface area contributed by atoms with E-state index in [0.29, 0.717) is 31.0 Å². The zero-order chi connectivity index (χ0) is 16.8. The zero-order valence-corrected chi connectivity index (χ0v) is 13.6. The second-order valence-corrected chi connectivity index (χ2v) is 6.51. The third kappa shape index (κ3) is 3.10. The molecular formula is C15H22F2N4O2. The molecular weight excluding hydrogens is 306 g/mol. The number of methoxy groups -OCH3 is 1. The van der Waals surface area contributed by atoms with Gasteiger partial charge in [-0.25, -0.2) is 8.78 Å². The van der Waals surface area contributed by atoms with E-state index in [1.54, 1.807) is 34.6 Å². The lowest BCUT2D eigenvalue weighted by molar-refractivity contribution is -0.0136. The molecule has 23 heavy (non-hydrogen) atoms. The van der Waals surface area contributed by atoms with Gasteiger partial charge in [0, 0.05) is 51.9 Å². The molecule has 2 aliphatic rings. The number of aromatic nitrogens is 2. The topological polar surface area (TPSA) is 50.6 Å². The van der Waals surface area contributed by atoms with Gasteiger partial charge >= 0.3 is 0 Å². The monoisotopic (exact) mass is 328 g/mol. The van der Waals surface area contributed by atoms with Gasteiger partial charge in [0.1, 0.15) is 0 Å². The summed E-state index contributed by atoms with van der Waals surface area (Å²) < 4.78 is 34.0. The van der Waals surface area contributed by atoms with E-state index in [4.69, 9.17) is 4.74 Å². The van der Waals surface area contributed by atoms with Crippen molar-refractivity contribution in [3.63, 3.8) is 0 Å². The fraction of sp³-hybridized carbons (Fsp3) is 0.733. The molecule has 6 nitrogen and oxygen atoms in total. The summed E-state index contributed by atoms with van der Waals surface area (Å²) in [6.07, 6.45) is 1.52. The maximum absolute atomic E-state index is 13.7. The molecule has 0 saturated carbocycles. The number of likely N-dealkylation sites (tertiary alicyclic amines) is 2. The minimum Gasteiger partial charge on any atom is -0.383 e. The molecule has 1 amide bonds. The smallest absolute Gasteiger partial charge is 0.262 e. The highest BCUT2D eigenvalue weighted by Gasteiger charge is 2.50. The standard InChI is InChI=1S/C15H22F2N4O2/c1-10-13(7-19(2)18-10)14(22)20-5-12(6-20)21-9-15(16,17)4-11(21)8-23-3/h7,11-12H,4-6,8-9H2,1-3H3. The first kappa shape index (κ1) is 16.3. The molecule has 0 N–H and O–H groups in total. The quantitative estimate of drug-likeness (QED) is 0.824. The average Bonchev–Trinajstić information content (AvgIpc) is 2.87. The van der Waals surface area contributed by atoms with Crippen LogP contribution < -0.4 is 0 Å². The van der Waals surface area contributed by atoms with Gasteiger partial charge in [-0.1, -0.05) is 0 Å². The first-order valence-electron chi connectivity index (χ1n) is 7.73. The Bertz CT molecular complexity index is 598. The Labute approximate surface area is 134 Å². The molecule has 0 aromatic carbocycles. The maximum Gasteiger partial charge on any atom is 0.262 e. The SMILES string of the molecule is COCC1CC(F)(F)CN1C1CN(C(=O)c2cn(C)nc2C)C1. The molecule has 3 heterocycles. The number of hydrogen-bond donors (Lipinski definition) is 0. The molecule has 3 rings (SSSR count). The van der Waals surface area contributed by atoms with E-state index in [1.165, 1.54) is 7.11 Å². The van der Waals surface area contributed by atoms with Crippen LogP contribution in [0.5, 0.6) is 0 Å². The van der Waals surface area contributed by atoms with E-state index in [-0.39, 0.29) is 31.0 Å². The summed E-state index contributed by atoms with van der Waals surface area (Å²) in [6.45, 7) is 2.79. The van der Waals surface area contributed by atoms with Crippen LogP contribution in [0.3, 0.4) is 0 Å². The summed E-state index contributed by atoms with van der Waals surface area (Å²) in [4.78, 5) is 15.9. The number of aryl methyl sites for hydroxylation is 2. The average molecular weight is 328 g/mol. The molecule has 1 aromatic rings. The van der Waals surface area contributed by atoms with Crippen LogP contribution >= 0.6 is 0 Å². The number of carbonyl (C=O) groups excluding carboxylic acids is 1. The minimum atomic E-state index is -2.67. The van der Waals surface area contributed by atoms with Gasteiger partial charge in [0.25, 0.3) is 11.8 Å². The van der Waals surface area contributed by atoms with Crippen LogP contribution in [0.1, 0.15) is 22.5 Å². The van der Waals surface area contributed by atoms with Crippen LogP contribution in [-0.2, 0) is 11.8 Å². The molecule has 8 heteroatoms. The molecule has 128 valence electrons. The molecule has 0 bridgehead atoms. The van der Waals surface area contributed by atoms with Crippen molar-refractivity contribution in [1.29, 1.82) is 0 Å². The molecule has 2 aliphatic heterocycles. The highest BCUT2D eigenvalue weighted by Crippen LogP contribution is 2.35. The van der Waals surface area contributed by atoms with Gasteiger partial charge in [0.15, 0.2) is 0 Å². The van der Waals surface area contributed by atoms with Crippen molar-refractivity contribution < 1.29 is 18.3 Å². The molecule has 1 atom stereocenters. The van der Waals surface area contributed by atoms with Crippen molar-refractivity contribution >= 4 is 5.91 Å². The predicted octanol–water partition coefficient (Wildman–Crippen LogP) is 0.909. The molecule has 1 unspecified atom stereocenters. The van der Waals surface area contributed by atoms with Crippen LogP contribution in [0.4, 0.5) is 8.78 Å². The normalized spacial score (nSPS) is 24.9. The number of rotatable bonds is 4. The zero-order valence-electron chi connectivity index (χ0n) is 13.6. The summed E-state index contributed by atoms with van der Waals surface area (Å²) in [5, 5.41) is 4.17. The predicted molar refractivity (Wildman–Crippen MR) is 79.6 cm³/mol. The number of alkyl halides is 2. The van der Waals surface area contributed by atoms with Gasteiger partial charge < -0.3 is 9.64 Å². The van der Waals surface area contributed by atoms with Crippen LogP contribution in [0.25, 0.3) is 0 Å². The maximum atomic E-state index is 13.7. The van der Waals surface area contributed by atoms with Gasteiger partial charge in [0.05, 0.1) is 24.4 Å². The van der Waals surface area contributed by atoms with E-state index in [0.717, 1.165) is 0 Å². The molecule has 1 aromatic heterocycles. The molecule has 0 aliphatic carbocycles. The first-order valence-corrected chi connectivity index (χ1v) is 7.73. The highest BCUT2D eigenvalue weighted by atomic mass is 19.3. The van der Waals surface area contributed by atoms with Crippen LogP contribution in [0.2, 0.25) is 0 Å². The number of hydrogen-bond acceptors (Lipinski definition) is 4. The third-order valence-electron chi connectivity index (χ3n) is 4.64. The Kier molecular flexibility index (Phi) is 4.14. The summed E-state index contributed by atoms with van der Waals surface area (Å²) in [5.74, 6) is -2.76. The van der Waals surface area contributed by atoms with E-state index in [1.807, 2.05) is 0 Å². The lowest BCUT2D eigenvalue weighted by Crippen LogP contribution is -2.62.